The van der Waals surface area contributed by atoms with Gasteiger partial charge in [0.2, 0.25) is 5.91 Å². The molecule has 0 aromatic carbocycles. The number of hydrogen-bond acceptors (Lipinski definition) is 3. The van der Waals surface area contributed by atoms with E-state index in [1.807, 2.05) is 25.4 Å². The molecule has 2 N–H and O–H groups in total. The van der Waals surface area contributed by atoms with E-state index in [4.69, 9.17) is 5.73 Å². The largest absolute Gasteiger partial charge is 0.341 e. The van der Waals surface area contributed by atoms with E-state index >= 15 is 0 Å². The molecule has 4 heteroatoms. The molecule has 0 bridgehead atoms. The van der Waals surface area contributed by atoms with Crippen molar-refractivity contribution in [1.82, 2.24) is 4.90 Å². The molecule has 0 saturated carbocycles. The van der Waals surface area contributed by atoms with Crippen LogP contribution in [0.3, 0.4) is 0 Å². The van der Waals surface area contributed by atoms with E-state index in [0.29, 0.717) is 13.0 Å². The second-order valence-corrected chi connectivity index (χ2v) is 4.68. The first-order chi connectivity index (χ1) is 7.09. The van der Waals surface area contributed by atoms with Gasteiger partial charge in [-0.05, 0) is 35.7 Å². The van der Waals surface area contributed by atoms with Crippen LogP contribution in [0.15, 0.2) is 16.8 Å². The Morgan fingerprint density at radius 2 is 2.40 bits per heavy atom. The van der Waals surface area contributed by atoms with Gasteiger partial charge in [0.1, 0.15) is 0 Å². The third-order valence-electron chi connectivity index (χ3n) is 2.24. The summed E-state index contributed by atoms with van der Waals surface area (Å²) in [5.41, 5.74) is 6.80. The molecule has 0 fully saturated rings. The highest BCUT2D eigenvalue weighted by atomic mass is 32.1. The fourth-order valence-electron chi connectivity index (χ4n) is 1.29. The first-order valence-electron chi connectivity index (χ1n) is 5.10. The molecule has 1 unspecified atom stereocenters. The van der Waals surface area contributed by atoms with E-state index in [0.717, 1.165) is 6.42 Å². The van der Waals surface area contributed by atoms with Crippen LogP contribution in [0.2, 0.25) is 0 Å². The SMILES string of the molecule is CC(N)CCC(=O)N(C)Cc1ccsc1. The van der Waals surface area contributed by atoms with E-state index in [2.05, 4.69) is 5.38 Å². The van der Waals surface area contributed by atoms with Gasteiger partial charge in [-0.25, -0.2) is 0 Å². The summed E-state index contributed by atoms with van der Waals surface area (Å²) in [5, 5.41) is 4.09. The van der Waals surface area contributed by atoms with Crippen LogP contribution in [0.5, 0.6) is 0 Å². The Bertz CT molecular complexity index is 296. The lowest BCUT2D eigenvalue weighted by Gasteiger charge is -2.16. The lowest BCUT2D eigenvalue weighted by atomic mass is 10.2. The van der Waals surface area contributed by atoms with Crippen molar-refractivity contribution < 1.29 is 4.79 Å². The normalized spacial score (nSPS) is 12.5. The van der Waals surface area contributed by atoms with Crippen molar-refractivity contribution in [3.8, 4) is 0 Å². The van der Waals surface area contributed by atoms with Gasteiger partial charge in [-0.3, -0.25) is 4.79 Å². The van der Waals surface area contributed by atoms with Gasteiger partial charge in [-0.2, -0.15) is 11.3 Å². The third kappa shape index (κ3) is 4.44. The quantitative estimate of drug-likeness (QED) is 0.832. The van der Waals surface area contributed by atoms with Gasteiger partial charge in [-0.15, -0.1) is 0 Å². The van der Waals surface area contributed by atoms with Gasteiger partial charge in [0, 0.05) is 26.1 Å². The molecule has 0 radical (unpaired) electrons. The lowest BCUT2D eigenvalue weighted by molar-refractivity contribution is -0.130. The topological polar surface area (TPSA) is 46.3 Å². The van der Waals surface area contributed by atoms with Crippen molar-refractivity contribution >= 4 is 17.2 Å². The first kappa shape index (κ1) is 12.2. The Kier molecular flexibility index (Phi) is 4.78. The van der Waals surface area contributed by atoms with Crippen LogP contribution in [0.25, 0.3) is 0 Å². The maximum Gasteiger partial charge on any atom is 0.222 e. The van der Waals surface area contributed by atoms with Crippen LogP contribution in [0.1, 0.15) is 25.3 Å². The van der Waals surface area contributed by atoms with E-state index < -0.39 is 0 Å². The number of hydrogen-bond donors (Lipinski definition) is 1. The van der Waals surface area contributed by atoms with Crippen molar-refractivity contribution in [2.45, 2.75) is 32.4 Å². The standard InChI is InChI=1S/C11H18N2OS/c1-9(12)3-4-11(14)13(2)7-10-5-6-15-8-10/h5-6,8-9H,3-4,7,12H2,1-2H3. The first-order valence-corrected chi connectivity index (χ1v) is 6.04. The summed E-state index contributed by atoms with van der Waals surface area (Å²) in [6.07, 6.45) is 1.30. The Morgan fingerprint density at radius 1 is 1.67 bits per heavy atom. The summed E-state index contributed by atoms with van der Waals surface area (Å²) in [4.78, 5) is 13.4. The average molecular weight is 226 g/mol. The second kappa shape index (κ2) is 5.88. The highest BCUT2D eigenvalue weighted by molar-refractivity contribution is 7.07. The average Bonchev–Trinajstić information content (AvgIpc) is 2.66. The predicted octanol–water partition coefficient (Wildman–Crippen LogP) is 1.83. The summed E-state index contributed by atoms with van der Waals surface area (Å²) >= 11 is 1.65. The monoisotopic (exact) mass is 226 g/mol. The molecule has 0 spiro atoms. The zero-order chi connectivity index (χ0) is 11.3. The number of nitrogens with two attached hydrogens (primary N) is 1. The number of carbonyl (C=O) groups is 1. The molecule has 1 aromatic rings. The van der Waals surface area contributed by atoms with Crippen molar-refractivity contribution in [2.24, 2.45) is 5.73 Å². The molecule has 3 nitrogen and oxygen atoms in total. The smallest absolute Gasteiger partial charge is 0.222 e. The minimum atomic E-state index is 0.100. The van der Waals surface area contributed by atoms with Gasteiger partial charge in [-0.1, -0.05) is 0 Å². The molecule has 15 heavy (non-hydrogen) atoms. The van der Waals surface area contributed by atoms with Gasteiger partial charge in [0.25, 0.3) is 0 Å². The van der Waals surface area contributed by atoms with Crippen molar-refractivity contribution in [1.29, 1.82) is 0 Å². The molecular weight excluding hydrogens is 208 g/mol. The Labute approximate surface area is 94.9 Å². The Balaban J connectivity index is 2.33. The molecule has 0 aliphatic carbocycles. The van der Waals surface area contributed by atoms with E-state index in [9.17, 15) is 4.79 Å². The van der Waals surface area contributed by atoms with Crippen LogP contribution in [-0.2, 0) is 11.3 Å². The molecule has 1 amide bonds. The highest BCUT2D eigenvalue weighted by Crippen LogP contribution is 2.09. The summed E-state index contributed by atoms with van der Waals surface area (Å²) in [7, 11) is 1.83. The molecule has 1 aromatic heterocycles. The van der Waals surface area contributed by atoms with Gasteiger partial charge < -0.3 is 10.6 Å². The molecule has 1 rings (SSSR count). The minimum absolute atomic E-state index is 0.100. The Hall–Kier alpha value is -0.870. The molecular formula is C11H18N2OS. The molecule has 0 aliphatic heterocycles. The summed E-state index contributed by atoms with van der Waals surface area (Å²) < 4.78 is 0. The van der Waals surface area contributed by atoms with Crippen molar-refractivity contribution in [3.05, 3.63) is 22.4 Å². The predicted molar refractivity (Wildman–Crippen MR) is 63.7 cm³/mol. The number of amides is 1. The number of nitrogens with zero attached hydrogens (tertiary/aromatic N) is 1. The van der Waals surface area contributed by atoms with Crippen LogP contribution in [-0.4, -0.2) is 23.9 Å². The number of carbonyl (C=O) groups excluding carboxylic acids is 1. The van der Waals surface area contributed by atoms with Gasteiger partial charge >= 0.3 is 0 Å². The van der Waals surface area contributed by atoms with Gasteiger partial charge in [0.05, 0.1) is 0 Å². The van der Waals surface area contributed by atoms with Crippen molar-refractivity contribution in [2.75, 3.05) is 7.05 Å². The zero-order valence-electron chi connectivity index (χ0n) is 9.27. The van der Waals surface area contributed by atoms with Gasteiger partial charge in [0.15, 0.2) is 0 Å². The fraction of sp³-hybridized carbons (Fsp3) is 0.545. The number of rotatable bonds is 5. The molecule has 84 valence electrons. The van der Waals surface area contributed by atoms with Crippen LogP contribution in [0.4, 0.5) is 0 Å². The Morgan fingerprint density at radius 3 is 2.93 bits per heavy atom. The van der Waals surface area contributed by atoms with Crippen molar-refractivity contribution in [3.63, 3.8) is 0 Å². The maximum atomic E-state index is 11.6. The van der Waals surface area contributed by atoms with Crippen LogP contribution in [0, 0.1) is 0 Å². The number of thiophene rings is 1. The maximum absolute atomic E-state index is 11.6. The summed E-state index contributed by atoms with van der Waals surface area (Å²) in [6, 6.07) is 2.14. The highest BCUT2D eigenvalue weighted by Gasteiger charge is 2.09. The second-order valence-electron chi connectivity index (χ2n) is 3.90. The summed E-state index contributed by atoms with van der Waals surface area (Å²) in [5.74, 6) is 0.165. The molecule has 0 saturated heterocycles. The molecule has 0 aliphatic rings. The lowest BCUT2D eigenvalue weighted by Crippen LogP contribution is -2.27. The zero-order valence-corrected chi connectivity index (χ0v) is 10.1. The third-order valence-corrected chi connectivity index (χ3v) is 2.97. The molecule has 1 atom stereocenters. The van der Waals surface area contributed by atoms with E-state index in [1.165, 1.54) is 5.56 Å². The minimum Gasteiger partial charge on any atom is -0.341 e. The summed E-state index contributed by atoms with van der Waals surface area (Å²) in [6.45, 7) is 2.62. The van der Waals surface area contributed by atoms with E-state index in [1.54, 1.807) is 16.2 Å². The van der Waals surface area contributed by atoms with E-state index in [-0.39, 0.29) is 11.9 Å². The molecule has 1 heterocycles. The van der Waals surface area contributed by atoms with Crippen LogP contribution >= 0.6 is 11.3 Å². The van der Waals surface area contributed by atoms with Crippen LogP contribution < -0.4 is 5.73 Å². The fourth-order valence-corrected chi connectivity index (χ4v) is 1.95.